The third-order valence-electron chi connectivity index (χ3n) is 3.22. The zero-order valence-corrected chi connectivity index (χ0v) is 16.2. The van der Waals surface area contributed by atoms with Crippen LogP contribution in [0.1, 0.15) is 25.0 Å². The van der Waals surface area contributed by atoms with Crippen molar-refractivity contribution < 1.29 is 9.59 Å². The first-order valence-corrected chi connectivity index (χ1v) is 8.70. The highest BCUT2D eigenvalue weighted by atomic mass is 32.1. The third kappa shape index (κ3) is 7.75. The summed E-state index contributed by atoms with van der Waals surface area (Å²) in [6.45, 7) is 2.91. The van der Waals surface area contributed by atoms with Crippen LogP contribution in [0.2, 0.25) is 0 Å². The van der Waals surface area contributed by atoms with E-state index in [0.717, 1.165) is 11.1 Å². The second kappa shape index (κ2) is 10.5. The molecule has 0 saturated carbocycles. The van der Waals surface area contributed by atoms with Gasteiger partial charge in [-0.15, -0.1) is 0 Å². The molecule has 0 aliphatic heterocycles. The van der Waals surface area contributed by atoms with Gasteiger partial charge in [0.2, 0.25) is 16.9 Å². The molecular weight excluding hydrogens is 376 g/mol. The van der Waals surface area contributed by atoms with Crippen molar-refractivity contribution in [1.82, 2.24) is 10.9 Å². The van der Waals surface area contributed by atoms with Crippen LogP contribution in [0.25, 0.3) is 0 Å². The number of carbonyl (C=O) groups is 2. The van der Waals surface area contributed by atoms with Crippen LogP contribution in [0.5, 0.6) is 0 Å². The molecule has 144 valence electrons. The standard InChI is InChI=1S/C19H20N6O2S/c1-13(26)22-17-7-3-15(4-8-17)11-20-24-19(28)25-21-12-16-5-9-18(10-6-16)23-14(2)27/h3-12H,1-2H3,(H,22,26)(H,23,27)(H2,24,25,28)/b20-11+,21-12?. The van der Waals surface area contributed by atoms with Gasteiger partial charge in [0.05, 0.1) is 12.4 Å². The first kappa shape index (κ1) is 20.7. The maximum atomic E-state index is 11.0. The smallest absolute Gasteiger partial charge is 0.221 e. The molecule has 0 aromatic heterocycles. The molecule has 0 atom stereocenters. The number of anilines is 2. The highest BCUT2D eigenvalue weighted by Gasteiger charge is 1.96. The molecule has 9 heteroatoms. The summed E-state index contributed by atoms with van der Waals surface area (Å²) < 4.78 is 0. The topological polar surface area (TPSA) is 107 Å². The van der Waals surface area contributed by atoms with Gasteiger partial charge in [0, 0.05) is 25.2 Å². The second-order valence-electron chi connectivity index (χ2n) is 5.68. The van der Waals surface area contributed by atoms with Gasteiger partial charge in [-0.2, -0.15) is 10.2 Å². The number of amides is 2. The lowest BCUT2D eigenvalue weighted by Gasteiger charge is -2.03. The fourth-order valence-electron chi connectivity index (χ4n) is 2.07. The van der Waals surface area contributed by atoms with Crippen LogP contribution in [-0.4, -0.2) is 29.4 Å². The predicted octanol–water partition coefficient (Wildman–Crippen LogP) is 2.44. The normalized spacial score (nSPS) is 10.6. The highest BCUT2D eigenvalue weighted by molar-refractivity contribution is 7.80. The summed E-state index contributed by atoms with van der Waals surface area (Å²) in [6, 6.07) is 14.4. The van der Waals surface area contributed by atoms with E-state index in [1.165, 1.54) is 13.8 Å². The van der Waals surface area contributed by atoms with Crippen molar-refractivity contribution in [2.24, 2.45) is 10.2 Å². The van der Waals surface area contributed by atoms with Gasteiger partial charge in [0.15, 0.2) is 0 Å². The number of nitrogens with one attached hydrogen (secondary N) is 4. The van der Waals surface area contributed by atoms with Gasteiger partial charge in [0.25, 0.3) is 0 Å². The van der Waals surface area contributed by atoms with E-state index in [9.17, 15) is 9.59 Å². The van der Waals surface area contributed by atoms with Crippen LogP contribution in [0, 0.1) is 0 Å². The monoisotopic (exact) mass is 396 g/mol. The van der Waals surface area contributed by atoms with Gasteiger partial charge in [-0.25, -0.2) is 0 Å². The van der Waals surface area contributed by atoms with Crippen molar-refractivity contribution in [1.29, 1.82) is 0 Å². The maximum absolute atomic E-state index is 11.0. The Labute approximate surface area is 168 Å². The number of thiocarbonyl (C=S) groups is 1. The van der Waals surface area contributed by atoms with Gasteiger partial charge in [-0.1, -0.05) is 24.3 Å². The van der Waals surface area contributed by atoms with Crippen LogP contribution in [-0.2, 0) is 9.59 Å². The minimum atomic E-state index is -0.122. The number of nitrogens with zero attached hydrogens (tertiary/aromatic N) is 2. The Morgan fingerprint density at radius 3 is 1.43 bits per heavy atom. The van der Waals surface area contributed by atoms with Crippen LogP contribution in [0.4, 0.5) is 11.4 Å². The minimum absolute atomic E-state index is 0.122. The minimum Gasteiger partial charge on any atom is -0.326 e. The first-order valence-electron chi connectivity index (χ1n) is 8.30. The van der Waals surface area contributed by atoms with Gasteiger partial charge >= 0.3 is 0 Å². The zero-order chi connectivity index (χ0) is 20.4. The van der Waals surface area contributed by atoms with Crippen molar-refractivity contribution in [3.05, 3.63) is 59.7 Å². The summed E-state index contributed by atoms with van der Waals surface area (Å²) in [5, 5.41) is 13.6. The molecule has 0 heterocycles. The summed E-state index contributed by atoms with van der Waals surface area (Å²) in [6.07, 6.45) is 3.19. The maximum Gasteiger partial charge on any atom is 0.221 e. The molecule has 0 aliphatic carbocycles. The lowest BCUT2D eigenvalue weighted by atomic mass is 10.2. The van der Waals surface area contributed by atoms with Gasteiger partial charge < -0.3 is 10.6 Å². The summed E-state index contributed by atoms with van der Waals surface area (Å²) in [7, 11) is 0. The summed E-state index contributed by atoms with van der Waals surface area (Å²) >= 11 is 5.08. The van der Waals surface area contributed by atoms with Gasteiger partial charge in [0.1, 0.15) is 0 Å². The fraction of sp³-hybridized carbons (Fsp3) is 0.105. The largest absolute Gasteiger partial charge is 0.326 e. The number of rotatable bonds is 6. The van der Waals surface area contributed by atoms with E-state index in [4.69, 9.17) is 12.2 Å². The Kier molecular flexibility index (Phi) is 7.79. The quantitative estimate of drug-likeness (QED) is 0.341. The molecule has 0 fully saturated rings. The van der Waals surface area contributed by atoms with E-state index in [0.29, 0.717) is 11.4 Å². The van der Waals surface area contributed by atoms with Crippen molar-refractivity contribution >= 4 is 52.9 Å². The molecule has 0 spiro atoms. The highest BCUT2D eigenvalue weighted by Crippen LogP contribution is 2.08. The van der Waals surface area contributed by atoms with Crippen molar-refractivity contribution in [2.45, 2.75) is 13.8 Å². The zero-order valence-electron chi connectivity index (χ0n) is 15.4. The van der Waals surface area contributed by atoms with E-state index < -0.39 is 0 Å². The number of benzene rings is 2. The van der Waals surface area contributed by atoms with E-state index in [-0.39, 0.29) is 16.9 Å². The van der Waals surface area contributed by atoms with E-state index >= 15 is 0 Å². The molecule has 4 N–H and O–H groups in total. The van der Waals surface area contributed by atoms with Crippen LogP contribution in [0.3, 0.4) is 0 Å². The second-order valence-corrected chi connectivity index (χ2v) is 6.08. The molecule has 28 heavy (non-hydrogen) atoms. The van der Waals surface area contributed by atoms with E-state index in [1.54, 1.807) is 36.7 Å². The molecule has 0 bridgehead atoms. The summed E-state index contributed by atoms with van der Waals surface area (Å²) in [5.41, 5.74) is 8.42. The lowest BCUT2D eigenvalue weighted by molar-refractivity contribution is -0.115. The third-order valence-corrected chi connectivity index (χ3v) is 3.40. The van der Waals surface area contributed by atoms with E-state index in [2.05, 4.69) is 31.7 Å². The van der Waals surface area contributed by atoms with Crippen LogP contribution >= 0.6 is 12.2 Å². The Hall–Kier alpha value is -3.59. The number of carbonyl (C=O) groups excluding carboxylic acids is 2. The Bertz CT molecular complexity index is 818. The molecular formula is C19H20N6O2S. The molecule has 8 nitrogen and oxygen atoms in total. The summed E-state index contributed by atoms with van der Waals surface area (Å²) in [5.74, 6) is -0.243. The van der Waals surface area contributed by atoms with E-state index in [1.807, 2.05) is 24.3 Å². The average Bonchev–Trinajstić information content (AvgIpc) is 2.64. The van der Waals surface area contributed by atoms with Crippen molar-refractivity contribution in [3.63, 3.8) is 0 Å². The Morgan fingerprint density at radius 2 is 1.11 bits per heavy atom. The predicted molar refractivity (Wildman–Crippen MR) is 116 cm³/mol. The molecule has 2 rings (SSSR count). The molecule has 2 aromatic carbocycles. The summed E-state index contributed by atoms with van der Waals surface area (Å²) in [4.78, 5) is 22.0. The molecule has 2 aromatic rings. The molecule has 0 unspecified atom stereocenters. The Balaban J connectivity index is 1.77. The SMILES string of the molecule is CC(=O)Nc1ccc(C=NNC(=S)N/N=C/c2ccc(NC(C)=O)cc2)cc1. The fourth-order valence-corrected chi connectivity index (χ4v) is 2.17. The molecule has 0 saturated heterocycles. The van der Waals surface area contributed by atoms with Gasteiger partial charge in [-0.3, -0.25) is 20.4 Å². The van der Waals surface area contributed by atoms with Crippen LogP contribution < -0.4 is 21.5 Å². The van der Waals surface area contributed by atoms with Gasteiger partial charge in [-0.05, 0) is 47.6 Å². The Morgan fingerprint density at radius 1 is 0.750 bits per heavy atom. The van der Waals surface area contributed by atoms with Crippen LogP contribution in [0.15, 0.2) is 58.7 Å². The van der Waals surface area contributed by atoms with Crippen molar-refractivity contribution in [3.8, 4) is 0 Å². The number of hydrazone groups is 2. The number of hydrogen-bond donors (Lipinski definition) is 4. The van der Waals surface area contributed by atoms with Crippen molar-refractivity contribution in [2.75, 3.05) is 10.6 Å². The number of hydrogen-bond acceptors (Lipinski definition) is 5. The molecule has 0 radical (unpaired) electrons. The average molecular weight is 396 g/mol. The molecule has 2 amide bonds. The first-order chi connectivity index (χ1) is 13.4. The lowest BCUT2D eigenvalue weighted by Crippen LogP contribution is -2.28. The molecule has 0 aliphatic rings.